The van der Waals surface area contributed by atoms with Crippen LogP contribution in [0.1, 0.15) is 45.1 Å². The van der Waals surface area contributed by atoms with E-state index in [2.05, 4.69) is 106 Å². The van der Waals surface area contributed by atoms with Gasteiger partial charge >= 0.3 is 0 Å². The summed E-state index contributed by atoms with van der Waals surface area (Å²) < 4.78 is 26.9. The highest BCUT2D eigenvalue weighted by molar-refractivity contribution is 6.74. The van der Waals surface area contributed by atoms with Crippen LogP contribution in [0, 0.1) is 0 Å². The number of nitrogens with zero attached hydrogens (tertiary/aromatic N) is 5. The van der Waals surface area contributed by atoms with Gasteiger partial charge in [0.1, 0.15) is 11.5 Å². The molecule has 12 nitrogen and oxygen atoms in total. The van der Waals surface area contributed by atoms with Crippen molar-refractivity contribution in [3.63, 3.8) is 0 Å². The Morgan fingerprint density at radius 1 is 0.982 bits per heavy atom. The summed E-state index contributed by atoms with van der Waals surface area (Å²) in [6, 6.07) is 20.4. The number of methoxy groups -OCH3 is 1. The maximum atomic E-state index is 12.2. The third-order valence-electron chi connectivity index (χ3n) is 10.4. The van der Waals surface area contributed by atoms with E-state index in [0.717, 1.165) is 57.8 Å². The molecule has 0 aliphatic carbocycles. The number of rotatable bonds is 14. The van der Waals surface area contributed by atoms with Crippen LogP contribution in [0.5, 0.6) is 11.5 Å². The predicted octanol–water partition coefficient (Wildman–Crippen LogP) is 8.28. The number of hydrogen-bond acceptors (Lipinski definition) is 10. The highest BCUT2D eigenvalue weighted by Crippen LogP contribution is 2.42. The van der Waals surface area contributed by atoms with Gasteiger partial charge in [-0.1, -0.05) is 45.0 Å². The molecule has 2 N–H and O–H groups in total. The van der Waals surface area contributed by atoms with Gasteiger partial charge in [-0.25, -0.2) is 9.97 Å². The smallest absolute Gasteiger partial charge is 0.250 e. The summed E-state index contributed by atoms with van der Waals surface area (Å²) in [6.07, 6.45) is 3.43. The van der Waals surface area contributed by atoms with Gasteiger partial charge in [0.15, 0.2) is 6.29 Å². The fourth-order valence-corrected chi connectivity index (χ4v) is 7.36. The van der Waals surface area contributed by atoms with Gasteiger partial charge < -0.3 is 43.6 Å². The molecule has 0 unspecified atom stereocenters. The second-order valence-corrected chi connectivity index (χ2v) is 20.6. The van der Waals surface area contributed by atoms with Crippen molar-refractivity contribution >= 4 is 48.1 Å². The molecule has 1 aliphatic heterocycles. The third-order valence-corrected chi connectivity index (χ3v) is 14.7. The van der Waals surface area contributed by atoms with Crippen molar-refractivity contribution in [2.45, 2.75) is 58.7 Å². The summed E-state index contributed by atoms with van der Waals surface area (Å²) >= 11 is 0. The van der Waals surface area contributed by atoms with Crippen LogP contribution in [-0.4, -0.2) is 88.2 Å². The number of fused-ring (bicyclic) bond motifs is 1. The van der Waals surface area contributed by atoms with Crippen LogP contribution in [0.15, 0.2) is 73.1 Å². The molecule has 3 heterocycles. The highest BCUT2D eigenvalue weighted by atomic mass is 28.4. The molecule has 1 aliphatic rings. The molecule has 0 spiro atoms. The monoisotopic (exact) mass is 765 g/mol. The lowest BCUT2D eigenvalue weighted by atomic mass is 10.1. The van der Waals surface area contributed by atoms with Crippen LogP contribution in [0.25, 0.3) is 22.2 Å². The van der Waals surface area contributed by atoms with E-state index in [1.807, 2.05) is 45.4 Å². The number of hydrogen-bond donors (Lipinski definition) is 2. The van der Waals surface area contributed by atoms with Crippen LogP contribution in [0.3, 0.4) is 0 Å². The minimum Gasteiger partial charge on any atom is -0.543 e. The van der Waals surface area contributed by atoms with Gasteiger partial charge in [0.25, 0.3) is 0 Å². The van der Waals surface area contributed by atoms with E-state index in [-0.39, 0.29) is 10.9 Å². The Morgan fingerprint density at radius 3 is 2.42 bits per heavy atom. The van der Waals surface area contributed by atoms with Crippen LogP contribution in [-0.2, 0) is 20.8 Å². The lowest BCUT2D eigenvalue weighted by molar-refractivity contribution is -0.114. The van der Waals surface area contributed by atoms with Gasteiger partial charge in [-0.05, 0) is 68.1 Å². The number of carbonyl (C=O) groups excluding carboxylic acids is 1. The summed E-state index contributed by atoms with van der Waals surface area (Å²) in [7, 11) is 5.58. The molecule has 1 amide bonds. The Morgan fingerprint density at radius 2 is 1.73 bits per heavy atom. The van der Waals surface area contributed by atoms with Crippen molar-refractivity contribution in [1.82, 2.24) is 19.4 Å². The van der Waals surface area contributed by atoms with Gasteiger partial charge in [0.2, 0.25) is 20.2 Å². The molecule has 0 bridgehead atoms. The van der Waals surface area contributed by atoms with Crippen molar-refractivity contribution in [1.29, 1.82) is 0 Å². The van der Waals surface area contributed by atoms with E-state index >= 15 is 0 Å². The maximum absolute atomic E-state index is 12.2. The van der Waals surface area contributed by atoms with Gasteiger partial charge in [-0.15, -0.1) is 0 Å². The Bertz CT molecular complexity index is 2140. The molecule has 3 aromatic carbocycles. The topological polar surface area (TPSA) is 115 Å². The Labute approximate surface area is 325 Å². The fraction of sp³-hybridized carbons (Fsp3) is 0.405. The molecule has 2 aromatic heterocycles. The van der Waals surface area contributed by atoms with Crippen molar-refractivity contribution in [2.75, 3.05) is 70.1 Å². The van der Waals surface area contributed by atoms with E-state index in [4.69, 9.17) is 23.6 Å². The van der Waals surface area contributed by atoms with Crippen molar-refractivity contribution in [3.8, 4) is 22.8 Å². The molecule has 13 heteroatoms. The number of para-hydroxylation sites is 1. The molecule has 292 valence electrons. The molecular weight excluding hydrogens is 711 g/mol. The van der Waals surface area contributed by atoms with Crippen molar-refractivity contribution < 1.29 is 23.4 Å². The lowest BCUT2D eigenvalue weighted by Gasteiger charge is -2.37. The summed E-state index contributed by atoms with van der Waals surface area (Å²) in [6.45, 7) is 16.1. The standard InChI is InChI=1S/C42H55N7O5Si/c1-28(50)44-34-24-35(39(51-8)25-37(34)48(7)20-19-47(5)6)46-41-43-18-17-33(45-41)32-27-49(36-14-12-11-13-30(32)36)26-29-15-16-38(54-55(9,10)42(2,3)4)31(23-29)40-52-21-22-53-40/h11-18,23-25,27,40H,19-22,26H2,1-10H3,(H,44,50)(H,43,45,46). The zero-order valence-electron chi connectivity index (χ0n) is 33.8. The molecular formula is C42H55N7O5Si. The summed E-state index contributed by atoms with van der Waals surface area (Å²) in [5.74, 6) is 1.65. The zero-order chi connectivity index (χ0) is 39.5. The van der Waals surface area contributed by atoms with Crippen molar-refractivity contribution in [2.24, 2.45) is 0 Å². The van der Waals surface area contributed by atoms with Crippen LogP contribution in [0.4, 0.5) is 23.0 Å². The minimum absolute atomic E-state index is 0.0478. The summed E-state index contributed by atoms with van der Waals surface area (Å²) in [5.41, 5.74) is 6.98. The molecule has 0 saturated carbocycles. The average Bonchev–Trinajstić information content (AvgIpc) is 3.80. The van der Waals surface area contributed by atoms with Gasteiger partial charge in [-0.2, -0.15) is 0 Å². The number of anilines is 4. The Balaban J connectivity index is 1.32. The van der Waals surface area contributed by atoms with Gasteiger partial charge in [-0.3, -0.25) is 4.79 Å². The number of ether oxygens (including phenoxy) is 3. The first-order chi connectivity index (χ1) is 26.1. The number of likely N-dealkylation sites (N-methyl/N-ethyl adjacent to an activating group) is 2. The van der Waals surface area contributed by atoms with Gasteiger partial charge in [0.05, 0.1) is 43.1 Å². The van der Waals surface area contributed by atoms with E-state index in [1.165, 1.54) is 6.92 Å². The molecule has 1 saturated heterocycles. The first-order valence-corrected chi connectivity index (χ1v) is 21.6. The first kappa shape index (κ1) is 39.7. The SMILES string of the molecule is COc1cc(N(C)CCN(C)C)c(NC(C)=O)cc1Nc1nccc(-c2cn(Cc3ccc(O[Si](C)(C)C(C)(C)C)c(C4OCCO4)c3)c3ccccc23)n1. The second-order valence-electron chi connectivity index (χ2n) is 15.9. The maximum Gasteiger partial charge on any atom is 0.250 e. The highest BCUT2D eigenvalue weighted by Gasteiger charge is 2.40. The number of nitrogens with one attached hydrogen (secondary N) is 2. The van der Waals surface area contributed by atoms with Crippen LogP contribution >= 0.6 is 0 Å². The summed E-state index contributed by atoms with van der Waals surface area (Å²) in [5, 5.41) is 7.46. The quantitative estimate of drug-likeness (QED) is 0.107. The molecule has 55 heavy (non-hydrogen) atoms. The normalized spacial score (nSPS) is 13.7. The summed E-state index contributed by atoms with van der Waals surface area (Å²) in [4.78, 5) is 26.0. The van der Waals surface area contributed by atoms with Gasteiger partial charge in [0, 0.05) is 74.1 Å². The molecule has 5 aromatic rings. The van der Waals surface area contributed by atoms with E-state index in [9.17, 15) is 4.79 Å². The predicted molar refractivity (Wildman–Crippen MR) is 223 cm³/mol. The molecule has 1 fully saturated rings. The third kappa shape index (κ3) is 9.13. The zero-order valence-corrected chi connectivity index (χ0v) is 34.8. The Kier molecular flexibility index (Phi) is 11.9. The minimum atomic E-state index is -2.11. The van der Waals surface area contributed by atoms with Crippen LogP contribution < -0.4 is 24.7 Å². The number of aromatic nitrogens is 3. The van der Waals surface area contributed by atoms with Crippen molar-refractivity contribution in [3.05, 3.63) is 84.2 Å². The Hall–Kier alpha value is -4.95. The number of amides is 1. The average molecular weight is 766 g/mol. The molecule has 0 radical (unpaired) electrons. The van der Waals surface area contributed by atoms with E-state index < -0.39 is 14.6 Å². The number of benzene rings is 3. The molecule has 6 rings (SSSR count). The fourth-order valence-electron chi connectivity index (χ4n) is 6.32. The number of carbonyl (C=O) groups is 1. The molecule has 0 atom stereocenters. The van der Waals surface area contributed by atoms with E-state index in [0.29, 0.717) is 42.8 Å². The second kappa shape index (κ2) is 16.4. The lowest BCUT2D eigenvalue weighted by Crippen LogP contribution is -2.44. The largest absolute Gasteiger partial charge is 0.543 e. The van der Waals surface area contributed by atoms with Crippen LogP contribution in [0.2, 0.25) is 18.1 Å². The first-order valence-electron chi connectivity index (χ1n) is 18.7. The van der Waals surface area contributed by atoms with E-state index in [1.54, 1.807) is 13.3 Å².